The molecule has 0 bridgehead atoms. The summed E-state index contributed by atoms with van der Waals surface area (Å²) < 4.78 is 1.57. The number of hydrogen-bond acceptors (Lipinski definition) is 4. The molecule has 2 aromatic heterocycles. The lowest BCUT2D eigenvalue weighted by Crippen LogP contribution is -2.10. The largest absolute Gasteiger partial charge is 0.348 e. The lowest BCUT2D eigenvalue weighted by atomic mass is 10.2. The maximum atomic E-state index is 12.1. The number of H-pyrrole nitrogens is 1. The van der Waals surface area contributed by atoms with Gasteiger partial charge in [-0.1, -0.05) is 41.6 Å². The van der Waals surface area contributed by atoms with Gasteiger partial charge in [0, 0.05) is 4.90 Å². The summed E-state index contributed by atoms with van der Waals surface area (Å²) in [7, 11) is 0. The minimum absolute atomic E-state index is 0.250. The van der Waals surface area contributed by atoms with E-state index in [9.17, 15) is 4.79 Å². The molecule has 0 aliphatic carbocycles. The lowest BCUT2D eigenvalue weighted by Gasteiger charge is -2.06. The van der Waals surface area contributed by atoms with E-state index < -0.39 is 0 Å². The van der Waals surface area contributed by atoms with E-state index in [1.165, 1.54) is 17.3 Å². The van der Waals surface area contributed by atoms with Gasteiger partial charge in [-0.3, -0.25) is 0 Å². The minimum Gasteiger partial charge on any atom is -0.246 e. The van der Waals surface area contributed by atoms with Crippen molar-refractivity contribution < 1.29 is 0 Å². The molecular formula is C16H12N4OS. The summed E-state index contributed by atoms with van der Waals surface area (Å²) in [6.07, 6.45) is 0. The molecule has 0 saturated heterocycles. The van der Waals surface area contributed by atoms with Crippen molar-refractivity contribution in [3.8, 4) is 0 Å². The maximum Gasteiger partial charge on any atom is 0.348 e. The zero-order valence-electron chi connectivity index (χ0n) is 11.8. The molecule has 2 aromatic carbocycles. The number of hydrogen-bond donors (Lipinski definition) is 1. The number of benzene rings is 2. The van der Waals surface area contributed by atoms with Gasteiger partial charge >= 0.3 is 5.69 Å². The number of nitrogens with one attached hydrogen (secondary N) is 1. The third kappa shape index (κ3) is 2.08. The fraction of sp³-hybridized carbons (Fsp3) is 0.0625. The van der Waals surface area contributed by atoms with Gasteiger partial charge in [0.05, 0.1) is 11.0 Å². The normalized spacial score (nSPS) is 11.3. The summed E-state index contributed by atoms with van der Waals surface area (Å²) in [5, 5.41) is 7.35. The number of rotatable bonds is 2. The Bertz CT molecular complexity index is 1050. The first-order chi connectivity index (χ1) is 10.7. The van der Waals surface area contributed by atoms with Gasteiger partial charge < -0.3 is 0 Å². The Labute approximate surface area is 130 Å². The van der Waals surface area contributed by atoms with Gasteiger partial charge in [0.2, 0.25) is 0 Å². The molecule has 0 radical (unpaired) electrons. The van der Waals surface area contributed by atoms with Crippen LogP contribution in [0.2, 0.25) is 0 Å². The molecule has 0 atom stereocenters. The Hall–Kier alpha value is -2.60. The molecule has 4 aromatic rings. The van der Waals surface area contributed by atoms with Crippen LogP contribution < -0.4 is 5.69 Å². The number of aryl methyl sites for hydroxylation is 1. The van der Waals surface area contributed by atoms with Gasteiger partial charge in [0.1, 0.15) is 5.03 Å². The Balaban J connectivity index is 1.98. The summed E-state index contributed by atoms with van der Waals surface area (Å²) in [6, 6.07) is 15.7. The van der Waals surface area contributed by atoms with Crippen LogP contribution in [0.5, 0.6) is 0 Å². The van der Waals surface area contributed by atoms with Crippen LogP contribution in [0.3, 0.4) is 0 Å². The van der Waals surface area contributed by atoms with Gasteiger partial charge in [-0.25, -0.2) is 19.3 Å². The van der Waals surface area contributed by atoms with Crippen LogP contribution in [-0.2, 0) is 0 Å². The number of aromatic amines is 1. The highest BCUT2D eigenvalue weighted by Gasteiger charge is 2.13. The van der Waals surface area contributed by atoms with Gasteiger partial charge in [-0.2, -0.15) is 0 Å². The Morgan fingerprint density at radius 2 is 2.00 bits per heavy atom. The lowest BCUT2D eigenvalue weighted by molar-refractivity contribution is 1.04. The number of aromatic nitrogens is 4. The van der Waals surface area contributed by atoms with Crippen molar-refractivity contribution in [2.45, 2.75) is 16.8 Å². The van der Waals surface area contributed by atoms with Gasteiger partial charge in [0.15, 0.2) is 5.65 Å². The van der Waals surface area contributed by atoms with Crippen molar-refractivity contribution in [3.05, 3.63) is 64.6 Å². The van der Waals surface area contributed by atoms with Crippen molar-refractivity contribution in [3.63, 3.8) is 0 Å². The maximum absolute atomic E-state index is 12.1. The molecule has 0 spiro atoms. The average molecular weight is 308 g/mol. The molecule has 0 unspecified atom stereocenters. The van der Waals surface area contributed by atoms with Crippen LogP contribution in [0.1, 0.15) is 5.56 Å². The molecular weight excluding hydrogens is 296 g/mol. The van der Waals surface area contributed by atoms with Crippen LogP contribution in [-0.4, -0.2) is 19.6 Å². The molecule has 22 heavy (non-hydrogen) atoms. The standard InChI is InChI=1S/C16H12N4OS/c1-10-5-4-6-11(9-10)22-15-14-18-19-16(21)20(14)13-8-3-2-7-12(13)17-15/h2-9H,1H3,(H,19,21). The van der Waals surface area contributed by atoms with Crippen LogP contribution >= 0.6 is 11.8 Å². The quantitative estimate of drug-likeness (QED) is 0.618. The van der Waals surface area contributed by atoms with E-state index >= 15 is 0 Å². The van der Waals surface area contributed by atoms with E-state index in [1.807, 2.05) is 49.4 Å². The molecule has 2 heterocycles. The number of nitrogens with zero attached hydrogens (tertiary/aromatic N) is 3. The first-order valence-electron chi connectivity index (χ1n) is 6.83. The molecule has 0 saturated carbocycles. The second-order valence-corrected chi connectivity index (χ2v) is 6.07. The van der Waals surface area contributed by atoms with Crippen molar-refractivity contribution in [1.82, 2.24) is 19.6 Å². The topological polar surface area (TPSA) is 63.1 Å². The molecule has 108 valence electrons. The highest BCUT2D eigenvalue weighted by Crippen LogP contribution is 2.30. The number of fused-ring (bicyclic) bond motifs is 3. The predicted octanol–water partition coefficient (Wildman–Crippen LogP) is 3.03. The summed E-state index contributed by atoms with van der Waals surface area (Å²) in [6.45, 7) is 2.05. The van der Waals surface area contributed by atoms with E-state index in [1.54, 1.807) is 4.40 Å². The van der Waals surface area contributed by atoms with E-state index in [4.69, 9.17) is 0 Å². The van der Waals surface area contributed by atoms with E-state index in [-0.39, 0.29) is 5.69 Å². The Kier molecular flexibility index (Phi) is 2.97. The first-order valence-corrected chi connectivity index (χ1v) is 7.64. The molecule has 0 amide bonds. The highest BCUT2D eigenvalue weighted by molar-refractivity contribution is 7.99. The fourth-order valence-corrected chi connectivity index (χ4v) is 3.42. The molecule has 1 N–H and O–H groups in total. The first kappa shape index (κ1) is 13.1. The summed E-state index contributed by atoms with van der Waals surface area (Å²) in [5.41, 5.74) is 3.01. The Morgan fingerprint density at radius 1 is 1.14 bits per heavy atom. The molecule has 0 aliphatic heterocycles. The molecule has 5 nitrogen and oxygen atoms in total. The summed E-state index contributed by atoms with van der Waals surface area (Å²) in [4.78, 5) is 17.8. The van der Waals surface area contributed by atoms with E-state index in [0.717, 1.165) is 15.9 Å². The summed E-state index contributed by atoms with van der Waals surface area (Å²) in [5.74, 6) is 0. The molecule has 0 aliphatic rings. The second-order valence-electron chi connectivity index (χ2n) is 5.01. The monoisotopic (exact) mass is 308 g/mol. The SMILES string of the molecule is Cc1cccc(Sc2nc3ccccc3n3c(=O)[nH]nc23)c1. The summed E-state index contributed by atoms with van der Waals surface area (Å²) >= 11 is 1.51. The van der Waals surface area contributed by atoms with Gasteiger partial charge in [-0.05, 0) is 31.2 Å². The van der Waals surface area contributed by atoms with Gasteiger partial charge in [-0.15, -0.1) is 5.10 Å². The van der Waals surface area contributed by atoms with Crippen LogP contribution in [0.4, 0.5) is 0 Å². The van der Waals surface area contributed by atoms with Crippen LogP contribution in [0.15, 0.2) is 63.2 Å². The van der Waals surface area contributed by atoms with E-state index in [2.05, 4.69) is 21.2 Å². The fourth-order valence-electron chi connectivity index (χ4n) is 2.43. The predicted molar refractivity (Wildman–Crippen MR) is 86.4 cm³/mol. The van der Waals surface area contributed by atoms with Crippen molar-refractivity contribution in [1.29, 1.82) is 0 Å². The highest BCUT2D eigenvalue weighted by atomic mass is 32.2. The minimum atomic E-state index is -0.250. The second kappa shape index (κ2) is 4.99. The molecule has 6 heteroatoms. The zero-order valence-corrected chi connectivity index (χ0v) is 12.6. The molecule has 4 rings (SSSR count). The van der Waals surface area contributed by atoms with Crippen molar-refractivity contribution in [2.75, 3.05) is 0 Å². The van der Waals surface area contributed by atoms with Crippen molar-refractivity contribution in [2.24, 2.45) is 0 Å². The van der Waals surface area contributed by atoms with Gasteiger partial charge in [0.25, 0.3) is 0 Å². The Morgan fingerprint density at radius 3 is 2.86 bits per heavy atom. The van der Waals surface area contributed by atoms with Crippen LogP contribution in [0, 0.1) is 6.92 Å². The zero-order chi connectivity index (χ0) is 15.1. The molecule has 0 fully saturated rings. The third-order valence-electron chi connectivity index (χ3n) is 3.41. The smallest absolute Gasteiger partial charge is 0.246 e. The van der Waals surface area contributed by atoms with Crippen molar-refractivity contribution >= 4 is 28.4 Å². The van der Waals surface area contributed by atoms with E-state index in [0.29, 0.717) is 10.7 Å². The third-order valence-corrected chi connectivity index (χ3v) is 4.37. The average Bonchev–Trinajstić information content (AvgIpc) is 2.90. The van der Waals surface area contributed by atoms with Crippen LogP contribution in [0.25, 0.3) is 16.7 Å². The number of para-hydroxylation sites is 2.